The van der Waals surface area contributed by atoms with Crippen LogP contribution in [0.2, 0.25) is 0 Å². The van der Waals surface area contributed by atoms with Gasteiger partial charge in [-0.25, -0.2) is 4.98 Å². The number of amides is 1. The molecule has 26 heavy (non-hydrogen) atoms. The van der Waals surface area contributed by atoms with Gasteiger partial charge < -0.3 is 19.3 Å². The Morgan fingerprint density at radius 3 is 2.88 bits per heavy atom. The molecule has 0 aliphatic carbocycles. The zero-order chi connectivity index (χ0) is 18.6. The van der Waals surface area contributed by atoms with Gasteiger partial charge in [-0.3, -0.25) is 14.7 Å². The van der Waals surface area contributed by atoms with E-state index in [4.69, 9.17) is 9.47 Å². The van der Waals surface area contributed by atoms with Crippen molar-refractivity contribution in [3.8, 4) is 0 Å². The Morgan fingerprint density at radius 1 is 1.31 bits per heavy atom. The number of carbonyl (C=O) groups excluding carboxylic acids is 1. The van der Waals surface area contributed by atoms with E-state index in [1.54, 1.807) is 18.6 Å². The number of nitrogens with zero attached hydrogens (tertiary/aromatic N) is 5. The lowest BCUT2D eigenvalue weighted by Crippen LogP contribution is -2.61. The van der Waals surface area contributed by atoms with Crippen molar-refractivity contribution in [2.24, 2.45) is 0 Å². The molecule has 0 N–H and O–H groups in total. The largest absolute Gasteiger partial charge is 0.376 e. The highest BCUT2D eigenvalue weighted by atomic mass is 16.5. The van der Waals surface area contributed by atoms with Crippen LogP contribution in [0.3, 0.4) is 0 Å². The maximum atomic E-state index is 12.7. The van der Waals surface area contributed by atoms with Gasteiger partial charge in [0.1, 0.15) is 11.4 Å². The fourth-order valence-corrected chi connectivity index (χ4v) is 3.29. The number of aromatic nitrogens is 2. The van der Waals surface area contributed by atoms with Crippen molar-refractivity contribution in [2.75, 3.05) is 64.5 Å². The van der Waals surface area contributed by atoms with Gasteiger partial charge in [-0.1, -0.05) is 0 Å². The minimum atomic E-state index is -0.529. The van der Waals surface area contributed by atoms with Crippen molar-refractivity contribution >= 4 is 11.7 Å². The second-order valence-electron chi connectivity index (χ2n) is 7.39. The molecule has 0 radical (unpaired) electrons. The van der Waals surface area contributed by atoms with Crippen LogP contribution in [0.15, 0.2) is 18.6 Å². The predicted octanol–water partition coefficient (Wildman–Crippen LogP) is 0.251. The molecule has 0 aromatic carbocycles. The van der Waals surface area contributed by atoms with Gasteiger partial charge in [0, 0.05) is 31.5 Å². The average Bonchev–Trinajstić information content (AvgIpc) is 2.85. The summed E-state index contributed by atoms with van der Waals surface area (Å²) in [7, 11) is 1.98. The Morgan fingerprint density at radius 2 is 2.15 bits per heavy atom. The Bertz CT molecular complexity index is 600. The van der Waals surface area contributed by atoms with E-state index in [1.165, 1.54) is 0 Å². The van der Waals surface area contributed by atoms with Crippen molar-refractivity contribution in [3.05, 3.63) is 18.6 Å². The molecule has 2 aliphatic rings. The molecule has 1 atom stereocenters. The van der Waals surface area contributed by atoms with E-state index in [-0.39, 0.29) is 5.91 Å². The Kier molecular flexibility index (Phi) is 6.05. The molecular weight excluding hydrogens is 334 g/mol. The third-order valence-electron chi connectivity index (χ3n) is 5.09. The minimum Gasteiger partial charge on any atom is -0.376 e. The summed E-state index contributed by atoms with van der Waals surface area (Å²) in [6.07, 6.45) is 5.10. The minimum absolute atomic E-state index is 0.138. The Labute approximate surface area is 155 Å². The topological polar surface area (TPSA) is 71.0 Å². The van der Waals surface area contributed by atoms with Crippen molar-refractivity contribution in [1.82, 2.24) is 19.8 Å². The fourth-order valence-electron chi connectivity index (χ4n) is 3.29. The number of hydrogen-bond donors (Lipinski definition) is 0. The zero-order valence-corrected chi connectivity index (χ0v) is 15.9. The molecule has 144 valence electrons. The first-order valence-electron chi connectivity index (χ1n) is 9.20. The first-order valence-corrected chi connectivity index (χ1v) is 9.20. The van der Waals surface area contributed by atoms with Crippen molar-refractivity contribution in [3.63, 3.8) is 0 Å². The average molecular weight is 363 g/mol. The SMILES string of the molecule is CC(C)N(C)CC(=O)N1CCOC2(COCCN(c3cnccn3)C2)C1. The van der Waals surface area contributed by atoms with Gasteiger partial charge >= 0.3 is 0 Å². The maximum Gasteiger partial charge on any atom is 0.236 e. The molecule has 1 amide bonds. The lowest BCUT2D eigenvalue weighted by Gasteiger charge is -2.43. The molecule has 1 aromatic rings. The van der Waals surface area contributed by atoms with Gasteiger partial charge in [-0.05, 0) is 20.9 Å². The van der Waals surface area contributed by atoms with Crippen LogP contribution < -0.4 is 4.90 Å². The van der Waals surface area contributed by atoms with Crippen LogP contribution in [0.1, 0.15) is 13.8 Å². The van der Waals surface area contributed by atoms with E-state index in [9.17, 15) is 4.79 Å². The smallest absolute Gasteiger partial charge is 0.236 e. The van der Waals surface area contributed by atoms with E-state index in [0.29, 0.717) is 52.0 Å². The molecular formula is C18H29N5O3. The van der Waals surface area contributed by atoms with Crippen molar-refractivity contribution in [2.45, 2.75) is 25.5 Å². The van der Waals surface area contributed by atoms with Crippen LogP contribution in [-0.4, -0.2) is 96.9 Å². The first-order chi connectivity index (χ1) is 12.5. The summed E-state index contributed by atoms with van der Waals surface area (Å²) in [4.78, 5) is 27.4. The molecule has 2 saturated heterocycles. The molecule has 2 fully saturated rings. The molecule has 0 saturated carbocycles. The molecule has 1 spiro atoms. The second-order valence-corrected chi connectivity index (χ2v) is 7.39. The molecule has 0 bridgehead atoms. The second kappa shape index (κ2) is 8.28. The number of hydrogen-bond acceptors (Lipinski definition) is 7. The third kappa shape index (κ3) is 4.49. The zero-order valence-electron chi connectivity index (χ0n) is 15.9. The molecule has 2 aliphatic heterocycles. The van der Waals surface area contributed by atoms with E-state index in [2.05, 4.69) is 33.6 Å². The fraction of sp³-hybridized carbons (Fsp3) is 0.722. The molecule has 3 heterocycles. The van der Waals surface area contributed by atoms with Crippen LogP contribution in [-0.2, 0) is 14.3 Å². The first kappa shape index (κ1) is 19.0. The van der Waals surface area contributed by atoms with E-state index in [0.717, 1.165) is 12.4 Å². The number of rotatable bonds is 4. The monoisotopic (exact) mass is 363 g/mol. The Hall–Kier alpha value is -1.77. The van der Waals surface area contributed by atoms with Gasteiger partial charge in [0.2, 0.25) is 5.91 Å². The molecule has 1 unspecified atom stereocenters. The lowest BCUT2D eigenvalue weighted by atomic mass is 10.0. The number of morpholine rings is 1. The molecule has 3 rings (SSSR count). The summed E-state index contributed by atoms with van der Waals surface area (Å²) in [5.74, 6) is 0.947. The third-order valence-corrected chi connectivity index (χ3v) is 5.09. The van der Waals surface area contributed by atoms with Crippen LogP contribution in [0.5, 0.6) is 0 Å². The van der Waals surface area contributed by atoms with E-state index >= 15 is 0 Å². The van der Waals surface area contributed by atoms with Gasteiger partial charge in [-0.15, -0.1) is 0 Å². The van der Waals surface area contributed by atoms with Crippen molar-refractivity contribution in [1.29, 1.82) is 0 Å². The summed E-state index contributed by atoms with van der Waals surface area (Å²) in [5, 5.41) is 0. The van der Waals surface area contributed by atoms with Gasteiger partial charge in [0.15, 0.2) is 0 Å². The van der Waals surface area contributed by atoms with E-state index in [1.807, 2.05) is 11.9 Å². The van der Waals surface area contributed by atoms with Gasteiger partial charge in [0.25, 0.3) is 0 Å². The molecule has 8 heteroatoms. The maximum absolute atomic E-state index is 12.7. The highest BCUT2D eigenvalue weighted by molar-refractivity contribution is 5.78. The van der Waals surface area contributed by atoms with Crippen LogP contribution >= 0.6 is 0 Å². The number of carbonyl (C=O) groups is 1. The predicted molar refractivity (Wildman–Crippen MR) is 98.1 cm³/mol. The summed E-state index contributed by atoms with van der Waals surface area (Å²) in [6, 6.07) is 0.335. The summed E-state index contributed by atoms with van der Waals surface area (Å²) in [5.41, 5.74) is -0.529. The van der Waals surface area contributed by atoms with Gasteiger partial charge in [-0.2, -0.15) is 0 Å². The summed E-state index contributed by atoms with van der Waals surface area (Å²) < 4.78 is 12.0. The number of ether oxygens (including phenoxy) is 2. The van der Waals surface area contributed by atoms with E-state index < -0.39 is 5.60 Å². The van der Waals surface area contributed by atoms with Crippen molar-refractivity contribution < 1.29 is 14.3 Å². The van der Waals surface area contributed by atoms with Crippen LogP contribution in [0, 0.1) is 0 Å². The highest BCUT2D eigenvalue weighted by Crippen LogP contribution is 2.25. The molecule has 8 nitrogen and oxygen atoms in total. The summed E-state index contributed by atoms with van der Waals surface area (Å²) in [6.45, 7) is 8.73. The number of anilines is 1. The standard InChI is InChI=1S/C18H29N5O3/c1-15(2)21(3)11-17(24)23-7-9-26-18(13-23)12-22(6-8-25-14-18)16-10-19-4-5-20-16/h4-5,10,15H,6-9,11-14H2,1-3H3. The van der Waals surface area contributed by atoms with Crippen LogP contribution in [0.4, 0.5) is 5.82 Å². The van der Waals surface area contributed by atoms with Gasteiger partial charge in [0.05, 0.1) is 45.7 Å². The summed E-state index contributed by atoms with van der Waals surface area (Å²) >= 11 is 0. The Balaban J connectivity index is 1.70. The normalized spacial score (nSPS) is 24.3. The molecule has 1 aromatic heterocycles. The lowest BCUT2D eigenvalue weighted by molar-refractivity contribution is -0.158. The number of likely N-dealkylation sites (N-methyl/N-ethyl adjacent to an activating group) is 1. The quantitative estimate of drug-likeness (QED) is 0.759. The highest BCUT2D eigenvalue weighted by Gasteiger charge is 2.42. The van der Waals surface area contributed by atoms with Crippen LogP contribution in [0.25, 0.3) is 0 Å².